The molecule has 5 nitrogen and oxygen atoms in total. The van der Waals surface area contributed by atoms with Gasteiger partial charge in [-0.3, -0.25) is 9.80 Å². The Morgan fingerprint density at radius 3 is 2.50 bits per heavy atom. The van der Waals surface area contributed by atoms with E-state index in [0.29, 0.717) is 0 Å². The average molecular weight is 252 g/mol. The van der Waals surface area contributed by atoms with Gasteiger partial charge in [-0.2, -0.15) is 0 Å². The molecule has 1 fully saturated rings. The van der Waals surface area contributed by atoms with Crippen LogP contribution < -0.4 is 5.73 Å². The number of aliphatic hydroxyl groups is 1. The monoisotopic (exact) mass is 252 g/mol. The van der Waals surface area contributed by atoms with Gasteiger partial charge in [0, 0.05) is 65.3 Å². The van der Waals surface area contributed by atoms with E-state index >= 15 is 0 Å². The normalized spacial score (nSPS) is 20.2. The van der Waals surface area contributed by atoms with Gasteiger partial charge in [0.05, 0.1) is 6.10 Å². The number of nitrogens with two attached hydrogens (primary N) is 1. The van der Waals surface area contributed by atoms with Crippen LogP contribution in [0.3, 0.4) is 0 Å². The molecular weight excluding hydrogens is 228 g/mol. The predicted molar refractivity (Wildman–Crippen MR) is 72.3 cm³/mol. The van der Waals surface area contributed by atoms with Crippen molar-refractivity contribution in [1.82, 2.24) is 14.4 Å². The van der Waals surface area contributed by atoms with Gasteiger partial charge in [-0.15, -0.1) is 0 Å². The molecule has 2 rings (SSSR count). The van der Waals surface area contributed by atoms with Crippen LogP contribution in [0.15, 0.2) is 18.5 Å². The standard InChI is InChI=1S/C13H24N4O/c1-15-4-2-12(10-15)13(18)11-17-8-6-16(5-3-14)7-9-17/h2,4,10,13,18H,3,5-9,11,14H2,1H3. The number of nitrogens with zero attached hydrogens (tertiary/aromatic N) is 3. The van der Waals surface area contributed by atoms with Crippen molar-refractivity contribution in [3.63, 3.8) is 0 Å². The van der Waals surface area contributed by atoms with Gasteiger partial charge in [-0.1, -0.05) is 0 Å². The second-order valence-electron chi connectivity index (χ2n) is 5.06. The molecule has 5 heteroatoms. The van der Waals surface area contributed by atoms with Crippen LogP contribution in [-0.2, 0) is 7.05 Å². The van der Waals surface area contributed by atoms with E-state index in [1.807, 2.05) is 30.1 Å². The highest BCUT2D eigenvalue weighted by molar-refractivity contribution is 5.13. The zero-order chi connectivity index (χ0) is 13.0. The van der Waals surface area contributed by atoms with Crippen molar-refractivity contribution in [2.24, 2.45) is 12.8 Å². The first-order chi connectivity index (χ1) is 8.69. The summed E-state index contributed by atoms with van der Waals surface area (Å²) in [5.41, 5.74) is 6.56. The lowest BCUT2D eigenvalue weighted by molar-refractivity contribution is 0.0736. The minimum Gasteiger partial charge on any atom is -0.387 e. The molecule has 0 bridgehead atoms. The van der Waals surface area contributed by atoms with Gasteiger partial charge in [0.1, 0.15) is 0 Å². The molecule has 1 atom stereocenters. The lowest BCUT2D eigenvalue weighted by atomic mass is 10.1. The topological polar surface area (TPSA) is 57.7 Å². The molecule has 0 saturated carbocycles. The SMILES string of the molecule is Cn1ccc(C(O)CN2CCN(CCN)CC2)c1. The van der Waals surface area contributed by atoms with Gasteiger partial charge >= 0.3 is 0 Å². The Kier molecular flexibility index (Phi) is 4.77. The van der Waals surface area contributed by atoms with Crippen molar-refractivity contribution in [2.75, 3.05) is 45.8 Å². The molecule has 1 saturated heterocycles. The summed E-state index contributed by atoms with van der Waals surface area (Å²) in [7, 11) is 1.97. The summed E-state index contributed by atoms with van der Waals surface area (Å²) in [6.45, 7) is 6.58. The lowest BCUT2D eigenvalue weighted by Gasteiger charge is -2.35. The number of rotatable bonds is 5. The molecule has 0 aliphatic carbocycles. The van der Waals surface area contributed by atoms with Crippen molar-refractivity contribution in [3.8, 4) is 0 Å². The van der Waals surface area contributed by atoms with Crippen LogP contribution in [0.1, 0.15) is 11.7 Å². The minimum absolute atomic E-state index is 0.382. The predicted octanol–water partition coefficient (Wildman–Crippen LogP) is -0.365. The van der Waals surface area contributed by atoms with E-state index in [9.17, 15) is 5.11 Å². The molecule has 3 N–H and O–H groups in total. The van der Waals surface area contributed by atoms with E-state index in [2.05, 4.69) is 9.80 Å². The Morgan fingerprint density at radius 1 is 1.28 bits per heavy atom. The molecule has 102 valence electrons. The molecule has 0 aromatic carbocycles. The Hall–Kier alpha value is -0.880. The van der Waals surface area contributed by atoms with Gasteiger partial charge in [0.15, 0.2) is 0 Å². The highest BCUT2D eigenvalue weighted by Gasteiger charge is 2.19. The van der Waals surface area contributed by atoms with Gasteiger partial charge < -0.3 is 15.4 Å². The number of aromatic nitrogens is 1. The van der Waals surface area contributed by atoms with Crippen molar-refractivity contribution in [2.45, 2.75) is 6.10 Å². The summed E-state index contributed by atoms with van der Waals surface area (Å²) in [6, 6.07) is 1.98. The summed E-state index contributed by atoms with van der Waals surface area (Å²) in [4.78, 5) is 4.70. The van der Waals surface area contributed by atoms with Crippen LogP contribution in [0.2, 0.25) is 0 Å². The maximum atomic E-state index is 10.2. The third-order valence-electron chi connectivity index (χ3n) is 3.58. The number of aryl methyl sites for hydroxylation is 1. The second-order valence-corrected chi connectivity index (χ2v) is 5.06. The first-order valence-corrected chi connectivity index (χ1v) is 6.64. The van der Waals surface area contributed by atoms with Crippen LogP contribution in [0.4, 0.5) is 0 Å². The second kappa shape index (κ2) is 6.33. The molecule has 1 unspecified atom stereocenters. The van der Waals surface area contributed by atoms with Crippen molar-refractivity contribution < 1.29 is 5.11 Å². The van der Waals surface area contributed by atoms with Crippen LogP contribution in [0.5, 0.6) is 0 Å². The molecule has 18 heavy (non-hydrogen) atoms. The third kappa shape index (κ3) is 3.55. The Labute approximate surface area is 109 Å². The molecule has 1 aliphatic rings. The summed E-state index contributed by atoms with van der Waals surface area (Å²) in [5.74, 6) is 0. The van der Waals surface area contributed by atoms with Crippen LogP contribution in [0.25, 0.3) is 0 Å². The van der Waals surface area contributed by atoms with Gasteiger partial charge in [0.2, 0.25) is 0 Å². The molecule has 1 aromatic rings. The number of aliphatic hydroxyl groups excluding tert-OH is 1. The summed E-state index contributed by atoms with van der Waals surface area (Å²) < 4.78 is 1.97. The highest BCUT2D eigenvalue weighted by atomic mass is 16.3. The number of hydrogen-bond acceptors (Lipinski definition) is 4. The maximum Gasteiger partial charge on any atom is 0.0931 e. The molecule has 0 spiro atoms. The van der Waals surface area contributed by atoms with E-state index in [4.69, 9.17) is 5.73 Å². The average Bonchev–Trinajstić information content (AvgIpc) is 2.79. The molecule has 0 amide bonds. The molecular formula is C13H24N4O. The van der Waals surface area contributed by atoms with Crippen LogP contribution in [-0.4, -0.2) is 65.3 Å². The lowest BCUT2D eigenvalue weighted by Crippen LogP contribution is -2.48. The summed E-state index contributed by atoms with van der Waals surface area (Å²) >= 11 is 0. The first-order valence-electron chi connectivity index (χ1n) is 6.64. The molecule has 2 heterocycles. The van der Waals surface area contributed by atoms with Crippen LogP contribution >= 0.6 is 0 Å². The minimum atomic E-state index is -0.382. The van der Waals surface area contributed by atoms with Crippen LogP contribution in [0, 0.1) is 0 Å². The Bertz CT molecular complexity index is 358. The fourth-order valence-corrected chi connectivity index (χ4v) is 2.45. The quantitative estimate of drug-likeness (QED) is 0.751. The number of hydrogen-bond donors (Lipinski definition) is 2. The first kappa shape index (κ1) is 13.5. The van der Waals surface area contributed by atoms with E-state index in [0.717, 1.165) is 51.4 Å². The van der Waals surface area contributed by atoms with Gasteiger partial charge in [-0.05, 0) is 11.6 Å². The highest BCUT2D eigenvalue weighted by Crippen LogP contribution is 2.15. The van der Waals surface area contributed by atoms with E-state index in [1.54, 1.807) is 0 Å². The number of piperazine rings is 1. The molecule has 1 aliphatic heterocycles. The Morgan fingerprint density at radius 2 is 1.94 bits per heavy atom. The number of β-amino-alcohol motifs (C(OH)–C–C–N with tert-alkyl or cyclic N) is 1. The third-order valence-corrected chi connectivity index (χ3v) is 3.58. The largest absolute Gasteiger partial charge is 0.387 e. The molecule has 1 aromatic heterocycles. The summed E-state index contributed by atoms with van der Waals surface area (Å²) in [6.07, 6.45) is 3.57. The van der Waals surface area contributed by atoms with E-state index in [-0.39, 0.29) is 6.10 Å². The van der Waals surface area contributed by atoms with E-state index in [1.165, 1.54) is 0 Å². The fourth-order valence-electron chi connectivity index (χ4n) is 2.45. The van der Waals surface area contributed by atoms with Crippen molar-refractivity contribution in [3.05, 3.63) is 24.0 Å². The molecule has 0 radical (unpaired) electrons. The smallest absolute Gasteiger partial charge is 0.0931 e. The zero-order valence-corrected chi connectivity index (χ0v) is 11.1. The van der Waals surface area contributed by atoms with Crippen molar-refractivity contribution >= 4 is 0 Å². The van der Waals surface area contributed by atoms with E-state index < -0.39 is 0 Å². The maximum absolute atomic E-state index is 10.2. The zero-order valence-electron chi connectivity index (χ0n) is 11.1. The Balaban J connectivity index is 1.77. The van der Waals surface area contributed by atoms with Crippen molar-refractivity contribution in [1.29, 1.82) is 0 Å². The summed E-state index contributed by atoms with van der Waals surface area (Å²) in [5, 5.41) is 10.2. The van der Waals surface area contributed by atoms with Gasteiger partial charge in [-0.25, -0.2) is 0 Å². The van der Waals surface area contributed by atoms with Gasteiger partial charge in [0.25, 0.3) is 0 Å². The fraction of sp³-hybridized carbons (Fsp3) is 0.692.